The number of aromatic nitrogens is 3. The highest BCUT2D eigenvalue weighted by atomic mass is 15.2. The molecule has 0 amide bonds. The number of para-hydroxylation sites is 2. The zero-order valence-electron chi connectivity index (χ0n) is 13.6. The quantitative estimate of drug-likeness (QED) is 0.502. The van der Waals surface area contributed by atoms with Gasteiger partial charge in [-0.15, -0.1) is 5.10 Å². The molecule has 4 aromatic rings. The van der Waals surface area contributed by atoms with Crippen LogP contribution in [0.2, 0.25) is 0 Å². The van der Waals surface area contributed by atoms with Crippen LogP contribution >= 0.6 is 0 Å². The fraction of sp³-hybridized carbons (Fsp3) is 0.200. The van der Waals surface area contributed by atoms with Crippen molar-refractivity contribution in [3.05, 3.63) is 66.4 Å². The Kier molecular flexibility index (Phi) is 2.98. The molecule has 0 bridgehead atoms. The average molecular weight is 301 g/mol. The molecule has 3 heteroatoms. The second-order valence-electron chi connectivity index (χ2n) is 6.90. The first-order valence-electron chi connectivity index (χ1n) is 7.88. The van der Waals surface area contributed by atoms with Crippen molar-refractivity contribution in [1.82, 2.24) is 14.8 Å². The van der Waals surface area contributed by atoms with Crippen LogP contribution in [0.25, 0.3) is 27.6 Å². The van der Waals surface area contributed by atoms with Crippen LogP contribution in [0.3, 0.4) is 0 Å². The van der Waals surface area contributed by atoms with Crippen LogP contribution in [0.4, 0.5) is 0 Å². The minimum absolute atomic E-state index is 0.00630. The number of hydrogen-bond donors (Lipinski definition) is 0. The lowest BCUT2D eigenvalue weighted by molar-refractivity contribution is 0.557. The Balaban J connectivity index is 2.01. The maximum absolute atomic E-state index is 4.50. The minimum atomic E-state index is 0.00630. The van der Waals surface area contributed by atoms with E-state index in [1.165, 1.54) is 10.8 Å². The number of nitrogens with zero attached hydrogens (tertiary/aromatic N) is 3. The third kappa shape index (κ3) is 2.20. The van der Waals surface area contributed by atoms with Crippen LogP contribution in [0.15, 0.2) is 60.7 Å². The standard InChI is InChI=1S/C20H19N3/c1-20(2,3)18-12-13-19(22-21-18)23-16-10-6-4-8-14(16)15-9-5-7-11-17(15)23/h4-13H,1-3H3. The molecular weight excluding hydrogens is 282 g/mol. The summed E-state index contributed by atoms with van der Waals surface area (Å²) in [6.45, 7) is 6.45. The Bertz CT molecular complexity index is 936. The van der Waals surface area contributed by atoms with Gasteiger partial charge in [0.1, 0.15) is 0 Å². The predicted molar refractivity (Wildman–Crippen MR) is 95.1 cm³/mol. The number of benzene rings is 2. The molecule has 4 rings (SSSR count). The fourth-order valence-corrected chi connectivity index (χ4v) is 3.01. The van der Waals surface area contributed by atoms with Crippen molar-refractivity contribution in [2.75, 3.05) is 0 Å². The summed E-state index contributed by atoms with van der Waals surface area (Å²) in [6, 6.07) is 21.0. The molecule has 0 atom stereocenters. The number of rotatable bonds is 1. The summed E-state index contributed by atoms with van der Waals surface area (Å²) in [4.78, 5) is 0. The molecule has 23 heavy (non-hydrogen) atoms. The Morgan fingerprint density at radius 3 is 1.74 bits per heavy atom. The fourth-order valence-electron chi connectivity index (χ4n) is 3.01. The number of hydrogen-bond acceptors (Lipinski definition) is 2. The highest BCUT2D eigenvalue weighted by Crippen LogP contribution is 2.31. The van der Waals surface area contributed by atoms with E-state index in [9.17, 15) is 0 Å². The summed E-state index contributed by atoms with van der Waals surface area (Å²) in [7, 11) is 0. The van der Waals surface area contributed by atoms with Crippen molar-refractivity contribution in [3.63, 3.8) is 0 Å². The van der Waals surface area contributed by atoms with Crippen molar-refractivity contribution in [3.8, 4) is 5.82 Å². The largest absolute Gasteiger partial charge is 0.292 e. The van der Waals surface area contributed by atoms with Gasteiger partial charge in [-0.2, -0.15) is 5.10 Å². The van der Waals surface area contributed by atoms with Gasteiger partial charge in [-0.25, -0.2) is 0 Å². The lowest BCUT2D eigenvalue weighted by Crippen LogP contribution is -2.15. The maximum Gasteiger partial charge on any atom is 0.160 e. The van der Waals surface area contributed by atoms with Gasteiger partial charge < -0.3 is 0 Å². The summed E-state index contributed by atoms with van der Waals surface area (Å²) >= 11 is 0. The summed E-state index contributed by atoms with van der Waals surface area (Å²) in [6.07, 6.45) is 0. The van der Waals surface area contributed by atoms with E-state index in [0.717, 1.165) is 22.5 Å². The van der Waals surface area contributed by atoms with Gasteiger partial charge in [0.25, 0.3) is 0 Å². The molecule has 2 heterocycles. The molecular formula is C20H19N3. The molecule has 114 valence electrons. The zero-order valence-corrected chi connectivity index (χ0v) is 13.6. The third-order valence-corrected chi connectivity index (χ3v) is 4.23. The summed E-state index contributed by atoms with van der Waals surface area (Å²) < 4.78 is 2.18. The van der Waals surface area contributed by atoms with Gasteiger partial charge in [-0.05, 0) is 24.3 Å². The molecule has 0 N–H and O–H groups in total. The van der Waals surface area contributed by atoms with Crippen LogP contribution in [0.5, 0.6) is 0 Å². The van der Waals surface area contributed by atoms with E-state index in [1.54, 1.807) is 0 Å². The molecule has 0 spiro atoms. The molecule has 2 aromatic carbocycles. The molecule has 3 nitrogen and oxygen atoms in total. The van der Waals surface area contributed by atoms with Crippen molar-refractivity contribution < 1.29 is 0 Å². The molecule has 2 aromatic heterocycles. The Morgan fingerprint density at radius 1 is 0.696 bits per heavy atom. The van der Waals surface area contributed by atoms with E-state index >= 15 is 0 Å². The first-order chi connectivity index (χ1) is 11.1. The van der Waals surface area contributed by atoms with E-state index in [0.29, 0.717) is 0 Å². The van der Waals surface area contributed by atoms with Crippen molar-refractivity contribution in [1.29, 1.82) is 0 Å². The summed E-state index contributed by atoms with van der Waals surface area (Å²) in [5, 5.41) is 11.4. The van der Waals surface area contributed by atoms with Crippen LogP contribution in [0, 0.1) is 0 Å². The minimum Gasteiger partial charge on any atom is -0.292 e. The first-order valence-corrected chi connectivity index (χ1v) is 7.88. The van der Waals surface area contributed by atoms with E-state index in [1.807, 2.05) is 0 Å². The van der Waals surface area contributed by atoms with Crippen molar-refractivity contribution in [2.24, 2.45) is 0 Å². The van der Waals surface area contributed by atoms with Gasteiger partial charge in [-0.1, -0.05) is 57.2 Å². The lowest BCUT2D eigenvalue weighted by atomic mass is 9.92. The Morgan fingerprint density at radius 2 is 1.26 bits per heavy atom. The van der Waals surface area contributed by atoms with Crippen molar-refractivity contribution in [2.45, 2.75) is 26.2 Å². The van der Waals surface area contributed by atoms with Crippen molar-refractivity contribution >= 4 is 21.8 Å². The number of fused-ring (bicyclic) bond motifs is 3. The third-order valence-electron chi connectivity index (χ3n) is 4.23. The molecule has 0 unspecified atom stereocenters. The van der Waals surface area contributed by atoms with Gasteiger partial charge in [0.2, 0.25) is 0 Å². The average Bonchev–Trinajstić information content (AvgIpc) is 2.89. The monoisotopic (exact) mass is 301 g/mol. The van der Waals surface area contributed by atoms with Gasteiger partial charge >= 0.3 is 0 Å². The molecule has 0 radical (unpaired) electrons. The maximum atomic E-state index is 4.50. The van der Waals surface area contributed by atoms with Gasteiger partial charge in [0, 0.05) is 16.2 Å². The Hall–Kier alpha value is -2.68. The van der Waals surface area contributed by atoms with E-state index in [2.05, 4.69) is 96.2 Å². The van der Waals surface area contributed by atoms with E-state index < -0.39 is 0 Å². The van der Waals surface area contributed by atoms with Crippen LogP contribution in [-0.4, -0.2) is 14.8 Å². The van der Waals surface area contributed by atoms with Gasteiger partial charge in [-0.3, -0.25) is 4.57 Å². The SMILES string of the molecule is CC(C)(C)c1ccc(-n2c3ccccc3c3ccccc32)nn1. The smallest absolute Gasteiger partial charge is 0.160 e. The highest BCUT2D eigenvalue weighted by Gasteiger charge is 2.17. The van der Waals surface area contributed by atoms with Crippen LogP contribution < -0.4 is 0 Å². The van der Waals surface area contributed by atoms with Gasteiger partial charge in [0.15, 0.2) is 5.82 Å². The molecule has 0 aliphatic carbocycles. The second-order valence-corrected chi connectivity index (χ2v) is 6.90. The summed E-state index contributed by atoms with van der Waals surface area (Å²) in [5.74, 6) is 0.857. The molecule has 0 aliphatic heterocycles. The van der Waals surface area contributed by atoms with E-state index in [-0.39, 0.29) is 5.41 Å². The van der Waals surface area contributed by atoms with Crippen LogP contribution in [-0.2, 0) is 5.41 Å². The van der Waals surface area contributed by atoms with Crippen LogP contribution in [0.1, 0.15) is 26.5 Å². The topological polar surface area (TPSA) is 30.7 Å². The lowest BCUT2D eigenvalue weighted by Gasteiger charge is -2.17. The first kappa shape index (κ1) is 13.9. The predicted octanol–water partition coefficient (Wildman–Crippen LogP) is 4.87. The Labute approximate surface area is 135 Å². The molecule has 0 fully saturated rings. The highest BCUT2D eigenvalue weighted by molar-refractivity contribution is 6.08. The summed E-state index contributed by atoms with van der Waals surface area (Å²) in [5.41, 5.74) is 3.33. The zero-order chi connectivity index (χ0) is 16.0. The van der Waals surface area contributed by atoms with Gasteiger partial charge in [0.05, 0.1) is 16.7 Å². The molecule has 0 saturated heterocycles. The van der Waals surface area contributed by atoms with E-state index in [4.69, 9.17) is 0 Å². The second kappa shape index (κ2) is 4.92. The normalized spacial score (nSPS) is 12.1. The molecule has 0 aliphatic rings. The molecule has 0 saturated carbocycles.